The van der Waals surface area contributed by atoms with Crippen molar-refractivity contribution in [2.24, 2.45) is 5.92 Å². The first-order chi connectivity index (χ1) is 4.20. The number of hydrogen-bond donors (Lipinski definition) is 0. The van der Waals surface area contributed by atoms with E-state index in [1.54, 1.807) is 0 Å². The van der Waals surface area contributed by atoms with Crippen molar-refractivity contribution in [1.82, 2.24) is 0 Å². The third-order valence-electron chi connectivity index (χ3n) is 1.89. The molecule has 0 bridgehead atoms. The first kappa shape index (κ1) is 6.72. The van der Waals surface area contributed by atoms with Crippen molar-refractivity contribution in [2.45, 2.75) is 32.4 Å². The van der Waals surface area contributed by atoms with Gasteiger partial charge in [-0.25, -0.2) is 4.39 Å². The molecule has 0 N–H and O–H groups in total. The van der Waals surface area contributed by atoms with Crippen LogP contribution >= 0.6 is 0 Å². The zero-order chi connectivity index (χ0) is 6.85. The highest BCUT2D eigenvalue weighted by molar-refractivity contribution is 5.81. The summed E-state index contributed by atoms with van der Waals surface area (Å²) in [6.07, 6.45) is 0.613. The van der Waals surface area contributed by atoms with E-state index in [0.29, 0.717) is 6.42 Å². The van der Waals surface area contributed by atoms with Gasteiger partial charge < -0.3 is 0 Å². The van der Waals surface area contributed by atoms with Crippen molar-refractivity contribution in [2.75, 3.05) is 0 Å². The Bertz CT molecular complexity index is 122. The Morgan fingerprint density at radius 3 is 2.67 bits per heavy atom. The molecule has 1 aliphatic rings. The second-order valence-electron chi connectivity index (χ2n) is 2.75. The Morgan fingerprint density at radius 1 is 1.56 bits per heavy atom. The topological polar surface area (TPSA) is 17.1 Å². The Balaban J connectivity index is 2.44. The van der Waals surface area contributed by atoms with Gasteiger partial charge in [-0.2, -0.15) is 0 Å². The summed E-state index contributed by atoms with van der Waals surface area (Å²) in [4.78, 5) is 10.8. The van der Waals surface area contributed by atoms with Crippen molar-refractivity contribution >= 4 is 5.78 Å². The predicted octanol–water partition coefficient (Wildman–Crippen LogP) is 1.71. The molecular weight excluding hydrogens is 119 g/mol. The van der Waals surface area contributed by atoms with Gasteiger partial charge in [0.05, 0.1) is 0 Å². The minimum atomic E-state index is -0.853. The number of ketones is 1. The quantitative estimate of drug-likeness (QED) is 0.488. The van der Waals surface area contributed by atoms with Gasteiger partial charge in [0.15, 0.2) is 0 Å². The zero-order valence-electron chi connectivity index (χ0n) is 5.56. The van der Waals surface area contributed by atoms with Gasteiger partial charge in [-0.1, -0.05) is 6.92 Å². The third-order valence-corrected chi connectivity index (χ3v) is 1.89. The first-order valence-electron chi connectivity index (χ1n) is 3.37. The maximum absolute atomic E-state index is 12.4. The van der Waals surface area contributed by atoms with Crippen molar-refractivity contribution in [1.29, 1.82) is 0 Å². The second kappa shape index (κ2) is 2.46. The molecule has 0 aromatic rings. The van der Waals surface area contributed by atoms with Gasteiger partial charge in [0.1, 0.15) is 12.0 Å². The molecular formula is C7H11FO. The molecule has 0 aliphatic heterocycles. The van der Waals surface area contributed by atoms with Gasteiger partial charge in [-0.15, -0.1) is 0 Å². The van der Waals surface area contributed by atoms with Crippen molar-refractivity contribution < 1.29 is 9.18 Å². The molecule has 0 saturated heterocycles. The molecule has 0 amide bonds. The number of carbonyl (C=O) groups excluding carboxylic acids is 1. The molecule has 1 rings (SSSR count). The van der Waals surface area contributed by atoms with Crippen LogP contribution in [0.2, 0.25) is 0 Å². The van der Waals surface area contributed by atoms with Crippen LogP contribution < -0.4 is 0 Å². The standard InChI is InChI=1S/C7H11FO/c1-5-2-3-6(8)4-7(5)9/h5-6H,2-4H2,1H3/t5?,6-/m0/s1. The molecule has 9 heavy (non-hydrogen) atoms. The number of rotatable bonds is 0. The molecule has 0 aromatic heterocycles. The van der Waals surface area contributed by atoms with Gasteiger partial charge in [0.2, 0.25) is 0 Å². The van der Waals surface area contributed by atoms with Crippen LogP contribution in [0.5, 0.6) is 0 Å². The number of halogens is 1. The summed E-state index contributed by atoms with van der Waals surface area (Å²) in [5, 5.41) is 0. The SMILES string of the molecule is CC1CC[C@H](F)CC1=O. The van der Waals surface area contributed by atoms with Crippen molar-refractivity contribution in [3.8, 4) is 0 Å². The lowest BCUT2D eigenvalue weighted by molar-refractivity contribution is -0.125. The Labute approximate surface area is 54.3 Å². The molecule has 1 saturated carbocycles. The van der Waals surface area contributed by atoms with E-state index >= 15 is 0 Å². The molecule has 0 heterocycles. The van der Waals surface area contributed by atoms with Gasteiger partial charge in [-0.05, 0) is 12.8 Å². The molecule has 0 radical (unpaired) electrons. The highest BCUT2D eigenvalue weighted by Gasteiger charge is 2.24. The third kappa shape index (κ3) is 1.50. The maximum atomic E-state index is 12.4. The van der Waals surface area contributed by atoms with Gasteiger partial charge in [0, 0.05) is 12.3 Å². The lowest BCUT2D eigenvalue weighted by Crippen LogP contribution is -2.23. The number of carbonyl (C=O) groups is 1. The van der Waals surface area contributed by atoms with Crippen LogP contribution in [0.25, 0.3) is 0 Å². The lowest BCUT2D eigenvalue weighted by atomic mass is 9.88. The maximum Gasteiger partial charge on any atom is 0.138 e. The van der Waals surface area contributed by atoms with Crippen LogP contribution in [0.4, 0.5) is 4.39 Å². The highest BCUT2D eigenvalue weighted by Crippen LogP contribution is 2.22. The summed E-state index contributed by atoms with van der Waals surface area (Å²) in [6, 6.07) is 0. The molecule has 1 unspecified atom stereocenters. The van der Waals surface area contributed by atoms with E-state index in [-0.39, 0.29) is 18.1 Å². The molecule has 0 spiro atoms. The lowest BCUT2D eigenvalue weighted by Gasteiger charge is -2.18. The monoisotopic (exact) mass is 130 g/mol. The molecule has 0 aromatic carbocycles. The van der Waals surface area contributed by atoms with Crippen LogP contribution in [0, 0.1) is 5.92 Å². The van der Waals surface area contributed by atoms with Crippen molar-refractivity contribution in [3.05, 3.63) is 0 Å². The van der Waals surface area contributed by atoms with Gasteiger partial charge in [0.25, 0.3) is 0 Å². The smallest absolute Gasteiger partial charge is 0.138 e. The molecule has 1 aliphatic carbocycles. The fraction of sp³-hybridized carbons (Fsp3) is 0.857. The summed E-state index contributed by atoms with van der Waals surface area (Å²) in [5.74, 6) is 0.200. The Kier molecular flexibility index (Phi) is 1.84. The van der Waals surface area contributed by atoms with E-state index in [0.717, 1.165) is 6.42 Å². The molecule has 52 valence electrons. The highest BCUT2D eigenvalue weighted by atomic mass is 19.1. The second-order valence-corrected chi connectivity index (χ2v) is 2.75. The first-order valence-corrected chi connectivity index (χ1v) is 3.37. The van der Waals surface area contributed by atoms with E-state index in [1.165, 1.54) is 0 Å². The number of Topliss-reactive ketones (excluding diaryl/α,β-unsaturated/α-hetero) is 1. The predicted molar refractivity (Wildman–Crippen MR) is 32.9 cm³/mol. The average molecular weight is 130 g/mol. The van der Waals surface area contributed by atoms with E-state index in [9.17, 15) is 9.18 Å². The summed E-state index contributed by atoms with van der Waals surface area (Å²) < 4.78 is 12.4. The van der Waals surface area contributed by atoms with E-state index in [2.05, 4.69) is 0 Å². The van der Waals surface area contributed by atoms with Crippen molar-refractivity contribution in [3.63, 3.8) is 0 Å². The summed E-state index contributed by atoms with van der Waals surface area (Å²) in [5.41, 5.74) is 0. The largest absolute Gasteiger partial charge is 0.299 e. The number of alkyl halides is 1. The fourth-order valence-electron chi connectivity index (χ4n) is 1.11. The summed E-state index contributed by atoms with van der Waals surface area (Å²) in [7, 11) is 0. The molecule has 1 nitrogen and oxygen atoms in total. The Morgan fingerprint density at radius 2 is 2.22 bits per heavy atom. The van der Waals surface area contributed by atoms with E-state index in [4.69, 9.17) is 0 Å². The zero-order valence-corrected chi connectivity index (χ0v) is 5.56. The average Bonchev–Trinajstić information content (AvgIpc) is 1.80. The van der Waals surface area contributed by atoms with Crippen LogP contribution in [0.1, 0.15) is 26.2 Å². The molecule has 2 heteroatoms. The molecule has 2 atom stereocenters. The summed E-state index contributed by atoms with van der Waals surface area (Å²) in [6.45, 7) is 1.87. The van der Waals surface area contributed by atoms with Crippen LogP contribution in [-0.2, 0) is 4.79 Å². The number of hydrogen-bond acceptors (Lipinski definition) is 1. The minimum Gasteiger partial charge on any atom is -0.299 e. The van der Waals surface area contributed by atoms with Crippen LogP contribution in [-0.4, -0.2) is 12.0 Å². The van der Waals surface area contributed by atoms with Crippen LogP contribution in [0.15, 0.2) is 0 Å². The Hall–Kier alpha value is -0.400. The van der Waals surface area contributed by atoms with E-state index in [1.807, 2.05) is 6.92 Å². The van der Waals surface area contributed by atoms with Crippen LogP contribution in [0.3, 0.4) is 0 Å². The minimum absolute atomic E-state index is 0.0914. The van der Waals surface area contributed by atoms with E-state index < -0.39 is 6.17 Å². The molecule has 1 fully saturated rings. The summed E-state index contributed by atoms with van der Waals surface area (Å²) >= 11 is 0. The fourth-order valence-corrected chi connectivity index (χ4v) is 1.11. The van der Waals surface area contributed by atoms with Gasteiger partial charge >= 0.3 is 0 Å². The normalized spacial score (nSPS) is 36.9. The van der Waals surface area contributed by atoms with Gasteiger partial charge in [-0.3, -0.25) is 4.79 Å².